The Kier molecular flexibility index (Phi) is 2.65. The molecule has 1 aliphatic rings. The zero-order valence-electron chi connectivity index (χ0n) is 6.85. The van der Waals surface area contributed by atoms with Crippen LogP contribution in [0.25, 0.3) is 0 Å². The summed E-state index contributed by atoms with van der Waals surface area (Å²) in [5, 5.41) is 0.643. The van der Waals surface area contributed by atoms with Gasteiger partial charge < -0.3 is 9.47 Å². The molecule has 0 bridgehead atoms. The van der Waals surface area contributed by atoms with Gasteiger partial charge in [-0.1, -0.05) is 11.6 Å². The predicted octanol–water partition coefficient (Wildman–Crippen LogP) is 3.26. The van der Waals surface area contributed by atoms with Crippen molar-refractivity contribution < 1.29 is 9.47 Å². The second-order valence-electron chi connectivity index (χ2n) is 2.76. The first-order valence-corrected chi connectivity index (χ1v) is 5.19. The van der Waals surface area contributed by atoms with E-state index in [1.807, 2.05) is 6.07 Å². The average Bonchev–Trinajstić information content (AvgIpc) is 2.31. The quantitative estimate of drug-likeness (QED) is 0.715. The Morgan fingerprint density at radius 2 is 1.77 bits per heavy atom. The first kappa shape index (κ1) is 9.16. The lowest BCUT2D eigenvalue weighted by Crippen LogP contribution is -1.97. The van der Waals surface area contributed by atoms with Gasteiger partial charge in [-0.15, -0.1) is 0 Å². The van der Waals surface area contributed by atoms with Crippen molar-refractivity contribution in [1.82, 2.24) is 0 Å². The van der Waals surface area contributed by atoms with Gasteiger partial charge in [0.1, 0.15) is 0 Å². The second-order valence-corrected chi connectivity index (χ2v) is 4.03. The van der Waals surface area contributed by atoms with Gasteiger partial charge in [-0.3, -0.25) is 0 Å². The Labute approximate surface area is 89.9 Å². The fraction of sp³-hybridized carbons (Fsp3) is 0.333. The highest BCUT2D eigenvalue weighted by Gasteiger charge is 2.12. The van der Waals surface area contributed by atoms with Crippen molar-refractivity contribution in [3.05, 3.63) is 21.6 Å². The highest BCUT2D eigenvalue weighted by Crippen LogP contribution is 2.37. The summed E-state index contributed by atoms with van der Waals surface area (Å²) in [5.41, 5.74) is 0. The van der Waals surface area contributed by atoms with Gasteiger partial charge in [0.25, 0.3) is 0 Å². The standard InChI is InChI=1S/C9H8BrClO2/c10-6-4-8-9(5-7(6)11)13-3-1-2-12-8/h4-5H,1-3H2. The third-order valence-corrected chi connectivity index (χ3v) is 2.99. The summed E-state index contributed by atoms with van der Waals surface area (Å²) in [5.74, 6) is 1.49. The van der Waals surface area contributed by atoms with Gasteiger partial charge >= 0.3 is 0 Å². The van der Waals surface area contributed by atoms with Gasteiger partial charge in [0.05, 0.1) is 18.2 Å². The SMILES string of the molecule is Clc1cc2c(cc1Br)OCCCO2. The number of ether oxygens (including phenoxy) is 2. The van der Waals surface area contributed by atoms with E-state index in [1.54, 1.807) is 6.07 Å². The lowest BCUT2D eigenvalue weighted by atomic mass is 10.3. The van der Waals surface area contributed by atoms with Gasteiger partial charge in [-0.2, -0.15) is 0 Å². The maximum Gasteiger partial charge on any atom is 0.162 e. The third kappa shape index (κ3) is 1.92. The summed E-state index contributed by atoms with van der Waals surface area (Å²) in [6.07, 6.45) is 0.907. The first-order chi connectivity index (χ1) is 6.27. The third-order valence-electron chi connectivity index (χ3n) is 1.79. The van der Waals surface area contributed by atoms with Gasteiger partial charge in [0.15, 0.2) is 11.5 Å². The van der Waals surface area contributed by atoms with Gasteiger partial charge in [0.2, 0.25) is 0 Å². The molecule has 0 aliphatic carbocycles. The fourth-order valence-electron chi connectivity index (χ4n) is 1.16. The minimum absolute atomic E-state index is 0.643. The molecule has 0 unspecified atom stereocenters. The first-order valence-electron chi connectivity index (χ1n) is 4.02. The van der Waals surface area contributed by atoms with E-state index in [4.69, 9.17) is 21.1 Å². The normalized spacial score (nSPS) is 15.2. The molecular formula is C9H8BrClO2. The molecule has 1 aromatic carbocycles. The predicted molar refractivity (Wildman–Crippen MR) is 54.8 cm³/mol. The molecule has 13 heavy (non-hydrogen) atoms. The number of rotatable bonds is 0. The Balaban J connectivity index is 2.43. The molecule has 1 heterocycles. The van der Waals surface area contributed by atoms with Crippen molar-refractivity contribution in [2.45, 2.75) is 6.42 Å². The van der Waals surface area contributed by atoms with Crippen molar-refractivity contribution in [3.8, 4) is 11.5 Å². The van der Waals surface area contributed by atoms with Gasteiger partial charge in [0, 0.05) is 17.0 Å². The molecule has 0 atom stereocenters. The van der Waals surface area contributed by atoms with Crippen LogP contribution in [0.1, 0.15) is 6.42 Å². The molecule has 2 rings (SSSR count). The zero-order valence-corrected chi connectivity index (χ0v) is 9.19. The monoisotopic (exact) mass is 262 g/mol. The highest BCUT2D eigenvalue weighted by molar-refractivity contribution is 9.10. The van der Waals surface area contributed by atoms with Crippen LogP contribution < -0.4 is 9.47 Å². The van der Waals surface area contributed by atoms with Crippen molar-refractivity contribution in [1.29, 1.82) is 0 Å². The summed E-state index contributed by atoms with van der Waals surface area (Å²) in [6.45, 7) is 1.38. The molecule has 0 saturated heterocycles. The molecule has 2 nitrogen and oxygen atoms in total. The lowest BCUT2D eigenvalue weighted by Gasteiger charge is -2.07. The van der Waals surface area contributed by atoms with E-state index in [2.05, 4.69) is 15.9 Å². The molecule has 0 amide bonds. The molecule has 4 heteroatoms. The van der Waals surface area contributed by atoms with E-state index < -0.39 is 0 Å². The van der Waals surface area contributed by atoms with Crippen molar-refractivity contribution in [3.63, 3.8) is 0 Å². The van der Waals surface area contributed by atoms with Crippen LogP contribution in [-0.4, -0.2) is 13.2 Å². The Bertz CT molecular complexity index is 297. The summed E-state index contributed by atoms with van der Waals surface area (Å²) < 4.78 is 11.8. The van der Waals surface area contributed by atoms with Crippen LogP contribution in [0, 0.1) is 0 Å². The molecule has 70 valence electrons. The van der Waals surface area contributed by atoms with Gasteiger partial charge in [-0.25, -0.2) is 0 Å². The van der Waals surface area contributed by atoms with Crippen LogP contribution in [-0.2, 0) is 0 Å². The van der Waals surface area contributed by atoms with Crippen LogP contribution >= 0.6 is 27.5 Å². The van der Waals surface area contributed by atoms with Crippen LogP contribution in [0.4, 0.5) is 0 Å². The average molecular weight is 264 g/mol. The number of hydrogen-bond acceptors (Lipinski definition) is 2. The topological polar surface area (TPSA) is 18.5 Å². The number of halogens is 2. The summed E-state index contributed by atoms with van der Waals surface area (Å²) in [6, 6.07) is 3.61. The number of benzene rings is 1. The van der Waals surface area contributed by atoms with E-state index in [1.165, 1.54) is 0 Å². The van der Waals surface area contributed by atoms with Crippen molar-refractivity contribution in [2.24, 2.45) is 0 Å². The Morgan fingerprint density at radius 3 is 2.46 bits per heavy atom. The number of fused-ring (bicyclic) bond motifs is 1. The van der Waals surface area contributed by atoms with E-state index in [-0.39, 0.29) is 0 Å². The highest BCUT2D eigenvalue weighted by atomic mass is 79.9. The maximum absolute atomic E-state index is 5.92. The van der Waals surface area contributed by atoms with Crippen LogP contribution in [0.2, 0.25) is 5.02 Å². The molecule has 1 aliphatic heterocycles. The second kappa shape index (κ2) is 3.76. The Hall–Kier alpha value is -0.410. The molecule has 0 N–H and O–H groups in total. The molecule has 0 spiro atoms. The fourth-order valence-corrected chi connectivity index (χ4v) is 1.64. The minimum atomic E-state index is 0.643. The minimum Gasteiger partial charge on any atom is -0.490 e. The largest absolute Gasteiger partial charge is 0.490 e. The van der Waals surface area contributed by atoms with Gasteiger partial charge in [-0.05, 0) is 22.0 Å². The summed E-state index contributed by atoms with van der Waals surface area (Å²) >= 11 is 9.25. The van der Waals surface area contributed by atoms with Crippen LogP contribution in [0.5, 0.6) is 11.5 Å². The molecular weight excluding hydrogens is 255 g/mol. The molecule has 0 radical (unpaired) electrons. The van der Waals surface area contributed by atoms with Crippen molar-refractivity contribution in [2.75, 3.05) is 13.2 Å². The lowest BCUT2D eigenvalue weighted by molar-refractivity contribution is 0.297. The Morgan fingerprint density at radius 1 is 1.15 bits per heavy atom. The van der Waals surface area contributed by atoms with Crippen molar-refractivity contribution >= 4 is 27.5 Å². The molecule has 0 aromatic heterocycles. The van der Waals surface area contributed by atoms with E-state index in [0.717, 1.165) is 22.4 Å². The van der Waals surface area contributed by atoms with E-state index in [0.29, 0.717) is 18.2 Å². The van der Waals surface area contributed by atoms with Crippen LogP contribution in [0.3, 0.4) is 0 Å². The summed E-state index contributed by atoms with van der Waals surface area (Å²) in [7, 11) is 0. The molecule has 0 fully saturated rings. The molecule has 0 saturated carbocycles. The number of hydrogen-bond donors (Lipinski definition) is 0. The molecule has 1 aromatic rings. The zero-order chi connectivity index (χ0) is 9.26. The maximum atomic E-state index is 5.92. The smallest absolute Gasteiger partial charge is 0.162 e. The summed E-state index contributed by atoms with van der Waals surface area (Å²) in [4.78, 5) is 0. The van der Waals surface area contributed by atoms with Crippen LogP contribution in [0.15, 0.2) is 16.6 Å². The van der Waals surface area contributed by atoms with E-state index in [9.17, 15) is 0 Å². The van der Waals surface area contributed by atoms with E-state index >= 15 is 0 Å².